The van der Waals surface area contributed by atoms with E-state index in [0.717, 1.165) is 16.7 Å². The van der Waals surface area contributed by atoms with Crippen molar-refractivity contribution in [3.05, 3.63) is 39.9 Å². The van der Waals surface area contributed by atoms with E-state index in [1.807, 2.05) is 6.92 Å². The van der Waals surface area contributed by atoms with Crippen molar-refractivity contribution in [1.82, 2.24) is 0 Å². The Morgan fingerprint density at radius 3 is 2.91 bits per heavy atom. The van der Waals surface area contributed by atoms with Gasteiger partial charge in [-0.25, -0.2) is 9.18 Å². The third-order valence-corrected chi connectivity index (χ3v) is 4.12. The van der Waals surface area contributed by atoms with Crippen LogP contribution in [0, 0.1) is 12.7 Å². The standard InChI is InChI=1S/C15H10FNO4S/c1-7-13(22-6-17-7)5-20-12-3-9-11(4-10(12)16)21-8(2)14(9)15(18)19/h3-4H,5H2,1-2H3/p+1. The summed E-state index contributed by atoms with van der Waals surface area (Å²) in [4.78, 5) is 16.1. The van der Waals surface area contributed by atoms with Gasteiger partial charge in [-0.05, 0) is 13.0 Å². The molecule has 0 radical (unpaired) electrons. The first kappa shape index (κ1) is 14.6. The highest BCUT2D eigenvalue weighted by Gasteiger charge is 2.23. The molecule has 5 nitrogen and oxygen atoms in total. The normalized spacial score (nSPS) is 13.8. The molecule has 0 fully saturated rings. The van der Waals surface area contributed by atoms with Crippen LogP contribution in [0.4, 0.5) is 4.39 Å². The van der Waals surface area contributed by atoms with Gasteiger partial charge in [-0.1, -0.05) is 0 Å². The second-order valence-electron chi connectivity index (χ2n) is 4.72. The summed E-state index contributed by atoms with van der Waals surface area (Å²) in [5.41, 5.74) is 3.70. The van der Waals surface area contributed by atoms with E-state index in [4.69, 9.17) is 9.15 Å². The second kappa shape index (κ2) is 5.44. The number of thioether (sulfide) groups is 1. The first-order valence-corrected chi connectivity index (χ1v) is 7.20. The van der Waals surface area contributed by atoms with Gasteiger partial charge in [0.1, 0.15) is 35.3 Å². The second-order valence-corrected chi connectivity index (χ2v) is 5.60. The van der Waals surface area contributed by atoms with Crippen LogP contribution in [0.2, 0.25) is 0 Å². The molecule has 0 saturated heterocycles. The summed E-state index contributed by atoms with van der Waals surface area (Å²) in [6.07, 6.45) is 0. The van der Waals surface area contributed by atoms with Gasteiger partial charge in [-0.3, -0.25) is 0 Å². The quantitative estimate of drug-likeness (QED) is 0.867. The fourth-order valence-corrected chi connectivity index (χ4v) is 2.76. The summed E-state index contributed by atoms with van der Waals surface area (Å²) < 4.78 is 24.8. The van der Waals surface area contributed by atoms with Crippen molar-refractivity contribution in [2.75, 3.05) is 6.61 Å². The van der Waals surface area contributed by atoms with Crippen LogP contribution in [-0.2, 0) is 0 Å². The fourth-order valence-electron chi connectivity index (χ4n) is 2.16. The molecule has 0 bridgehead atoms. The number of furan rings is 1. The van der Waals surface area contributed by atoms with E-state index >= 15 is 0 Å². The lowest BCUT2D eigenvalue weighted by Crippen LogP contribution is -2.01. The van der Waals surface area contributed by atoms with Crippen molar-refractivity contribution >= 4 is 34.2 Å². The summed E-state index contributed by atoms with van der Waals surface area (Å²) in [5.74, 6) is -1.53. The minimum Gasteiger partial charge on any atom is -0.483 e. The van der Waals surface area contributed by atoms with Gasteiger partial charge >= 0.3 is 5.97 Å². The zero-order valence-electron chi connectivity index (χ0n) is 11.8. The van der Waals surface area contributed by atoms with Crippen LogP contribution in [0.1, 0.15) is 23.0 Å². The monoisotopic (exact) mass is 320 g/mol. The third kappa shape index (κ3) is 2.45. The lowest BCUT2D eigenvalue weighted by Gasteiger charge is -2.05. The lowest BCUT2D eigenvalue weighted by atomic mass is 10.1. The molecule has 0 spiro atoms. The molecule has 1 aliphatic rings. The minimum atomic E-state index is -1.12. The Kier molecular flexibility index (Phi) is 3.60. The molecule has 112 valence electrons. The van der Waals surface area contributed by atoms with Crippen LogP contribution in [0.3, 0.4) is 0 Å². The Balaban J connectivity index is 1.96. The van der Waals surface area contributed by atoms with E-state index in [-0.39, 0.29) is 29.3 Å². The summed E-state index contributed by atoms with van der Waals surface area (Å²) in [6.45, 7) is 3.49. The predicted octanol–water partition coefficient (Wildman–Crippen LogP) is 3.84. The number of carboxylic acids is 1. The van der Waals surface area contributed by atoms with Crippen LogP contribution >= 0.6 is 11.8 Å². The maximum atomic E-state index is 14.0. The van der Waals surface area contributed by atoms with E-state index in [0.29, 0.717) is 5.39 Å². The highest BCUT2D eigenvalue weighted by atomic mass is 32.2. The number of carboxylic acid groups (broad SMARTS) is 1. The van der Waals surface area contributed by atoms with Crippen LogP contribution in [0.25, 0.3) is 11.0 Å². The fraction of sp³-hybridized carbons (Fsp3) is 0.200. The Bertz CT molecular complexity index is 838. The maximum absolute atomic E-state index is 14.0. The number of fused-ring (bicyclic) bond motifs is 1. The molecule has 1 aliphatic heterocycles. The Hall–Kier alpha value is -2.37. The molecular formula is C15H11FNO4S+. The van der Waals surface area contributed by atoms with Gasteiger partial charge in [0.25, 0.3) is 5.55 Å². The molecule has 3 rings (SSSR count). The van der Waals surface area contributed by atoms with E-state index < -0.39 is 11.8 Å². The lowest BCUT2D eigenvalue weighted by molar-refractivity contribution is 0.0697. The van der Waals surface area contributed by atoms with Crippen LogP contribution < -0.4 is 4.74 Å². The molecule has 0 amide bonds. The third-order valence-electron chi connectivity index (χ3n) is 3.28. The molecule has 1 aromatic heterocycles. The summed E-state index contributed by atoms with van der Waals surface area (Å²) in [5, 5.41) is 9.54. The predicted molar refractivity (Wildman–Crippen MR) is 81.1 cm³/mol. The average Bonchev–Trinajstić information content (AvgIpc) is 2.98. The Morgan fingerprint density at radius 1 is 1.50 bits per heavy atom. The van der Waals surface area contributed by atoms with Gasteiger partial charge < -0.3 is 14.3 Å². The first-order valence-electron chi connectivity index (χ1n) is 6.38. The van der Waals surface area contributed by atoms with Gasteiger partial charge in [0.15, 0.2) is 22.2 Å². The van der Waals surface area contributed by atoms with Crippen molar-refractivity contribution in [2.45, 2.75) is 13.8 Å². The van der Waals surface area contributed by atoms with E-state index in [1.165, 1.54) is 24.8 Å². The van der Waals surface area contributed by atoms with E-state index in [2.05, 4.69) is 10.5 Å². The van der Waals surface area contributed by atoms with Gasteiger partial charge in [0.2, 0.25) is 0 Å². The molecule has 2 aromatic rings. The van der Waals surface area contributed by atoms with E-state index in [1.54, 1.807) is 0 Å². The highest BCUT2D eigenvalue weighted by molar-refractivity contribution is 8.15. The molecule has 0 atom stereocenters. The Labute approximate surface area is 129 Å². The number of aryl methyl sites for hydroxylation is 1. The molecule has 1 N–H and O–H groups in total. The summed E-state index contributed by atoms with van der Waals surface area (Å²) >= 11 is 1.29. The molecule has 0 aliphatic carbocycles. The molecule has 7 heteroatoms. The number of halogens is 1. The number of carbonyl (C=O) groups is 1. The molecule has 22 heavy (non-hydrogen) atoms. The minimum absolute atomic E-state index is 0.0159. The summed E-state index contributed by atoms with van der Waals surface area (Å²) in [7, 11) is 0. The number of hydrogen-bond donors (Lipinski definition) is 1. The number of ether oxygens (including phenoxy) is 1. The molecule has 0 unspecified atom stereocenters. The van der Waals surface area contributed by atoms with Crippen molar-refractivity contribution < 1.29 is 23.4 Å². The van der Waals surface area contributed by atoms with Crippen molar-refractivity contribution in [2.24, 2.45) is 4.99 Å². The zero-order valence-corrected chi connectivity index (χ0v) is 12.6. The van der Waals surface area contributed by atoms with E-state index in [9.17, 15) is 14.3 Å². The van der Waals surface area contributed by atoms with Gasteiger partial charge in [0, 0.05) is 23.4 Å². The number of nitrogens with zero attached hydrogens (tertiary/aromatic N) is 1. The highest BCUT2D eigenvalue weighted by Crippen LogP contribution is 2.32. The number of hydrogen-bond acceptors (Lipinski definition) is 5. The largest absolute Gasteiger partial charge is 0.483 e. The SMILES string of the molecule is CC1=C(COc2cc3c(C(=O)O)c(C)oc3cc2F)S[C+]=N1. The topological polar surface area (TPSA) is 72.0 Å². The number of aliphatic imine (C=N–C) groups is 1. The van der Waals surface area contributed by atoms with Gasteiger partial charge in [-0.2, -0.15) is 0 Å². The van der Waals surface area contributed by atoms with Crippen LogP contribution in [0.15, 0.2) is 32.1 Å². The average molecular weight is 320 g/mol. The number of allylic oxidation sites excluding steroid dienone is 1. The molecule has 0 saturated carbocycles. The molecule has 2 heterocycles. The van der Waals surface area contributed by atoms with Crippen molar-refractivity contribution in [1.29, 1.82) is 0 Å². The summed E-state index contributed by atoms with van der Waals surface area (Å²) in [6, 6.07) is 2.49. The maximum Gasteiger partial charge on any atom is 0.339 e. The van der Waals surface area contributed by atoms with Crippen molar-refractivity contribution in [3.8, 4) is 5.75 Å². The smallest absolute Gasteiger partial charge is 0.339 e. The Morgan fingerprint density at radius 2 is 2.27 bits per heavy atom. The molecule has 1 aromatic carbocycles. The first-order chi connectivity index (χ1) is 10.5. The molecular weight excluding hydrogens is 309 g/mol. The number of benzene rings is 1. The zero-order chi connectivity index (χ0) is 15.9. The number of rotatable bonds is 4. The van der Waals surface area contributed by atoms with Gasteiger partial charge in [0.05, 0.1) is 0 Å². The van der Waals surface area contributed by atoms with Crippen molar-refractivity contribution in [3.63, 3.8) is 0 Å². The van der Waals surface area contributed by atoms with Crippen LogP contribution in [0.5, 0.6) is 5.75 Å². The number of aromatic carboxylic acids is 1. The van der Waals surface area contributed by atoms with Gasteiger partial charge in [-0.15, -0.1) is 0 Å². The van der Waals surface area contributed by atoms with Crippen LogP contribution in [-0.4, -0.2) is 23.2 Å².